The molecule has 0 spiro atoms. The molecule has 3 rings (SSSR count). The standard InChI is InChI=1S/C21H22N4O6/c1-28-15-5-7-16(8-6-15)31-21-19(25(26)27)20(23-13-24-21)22-11-10-14-4-9-17(29-2)18(12-14)30-3/h4-9,12-13H,10-11H2,1-3H3,(H,22,23,24). The molecule has 0 saturated heterocycles. The molecule has 0 radical (unpaired) electrons. The monoisotopic (exact) mass is 426 g/mol. The van der Waals surface area contributed by atoms with Gasteiger partial charge in [-0.15, -0.1) is 0 Å². The average molecular weight is 426 g/mol. The molecular weight excluding hydrogens is 404 g/mol. The van der Waals surface area contributed by atoms with E-state index in [0.717, 1.165) is 5.56 Å². The summed E-state index contributed by atoms with van der Waals surface area (Å²) in [5, 5.41) is 14.7. The summed E-state index contributed by atoms with van der Waals surface area (Å²) in [5.41, 5.74) is 0.627. The molecule has 3 aromatic rings. The number of aromatic nitrogens is 2. The maximum atomic E-state index is 11.7. The van der Waals surface area contributed by atoms with Crippen LogP contribution in [0, 0.1) is 10.1 Å². The molecule has 0 bridgehead atoms. The zero-order chi connectivity index (χ0) is 22.2. The number of hydrogen-bond acceptors (Lipinski definition) is 9. The van der Waals surface area contributed by atoms with Gasteiger partial charge in [-0.25, -0.2) is 4.98 Å². The van der Waals surface area contributed by atoms with E-state index >= 15 is 0 Å². The molecule has 1 heterocycles. The van der Waals surface area contributed by atoms with Crippen LogP contribution in [0.2, 0.25) is 0 Å². The van der Waals surface area contributed by atoms with Gasteiger partial charge >= 0.3 is 11.6 Å². The summed E-state index contributed by atoms with van der Waals surface area (Å²) >= 11 is 0. The topological polar surface area (TPSA) is 118 Å². The first-order valence-corrected chi connectivity index (χ1v) is 9.31. The van der Waals surface area contributed by atoms with Crippen LogP contribution in [-0.4, -0.2) is 42.8 Å². The number of nitro groups is 1. The van der Waals surface area contributed by atoms with Crippen LogP contribution < -0.4 is 24.3 Å². The summed E-state index contributed by atoms with van der Waals surface area (Å²) in [5.74, 6) is 2.19. The SMILES string of the molecule is COc1ccc(Oc2ncnc(NCCc3ccc(OC)c(OC)c3)c2[N+](=O)[O-])cc1. The van der Waals surface area contributed by atoms with Gasteiger partial charge in [-0.1, -0.05) is 6.07 Å². The third kappa shape index (κ3) is 5.30. The van der Waals surface area contributed by atoms with Crippen LogP contribution in [0.15, 0.2) is 48.8 Å². The van der Waals surface area contributed by atoms with E-state index in [4.69, 9.17) is 18.9 Å². The Morgan fingerprint density at radius 1 is 0.935 bits per heavy atom. The van der Waals surface area contributed by atoms with E-state index in [1.807, 2.05) is 18.2 Å². The first-order chi connectivity index (χ1) is 15.0. The minimum atomic E-state index is -0.572. The normalized spacial score (nSPS) is 10.3. The fraction of sp³-hybridized carbons (Fsp3) is 0.238. The minimum absolute atomic E-state index is 0.0731. The Balaban J connectivity index is 1.74. The van der Waals surface area contributed by atoms with Gasteiger partial charge in [0.15, 0.2) is 11.5 Å². The van der Waals surface area contributed by atoms with Gasteiger partial charge in [0.2, 0.25) is 5.82 Å². The Hall–Kier alpha value is -4.08. The smallest absolute Gasteiger partial charge is 0.373 e. The number of ether oxygens (including phenoxy) is 4. The zero-order valence-corrected chi connectivity index (χ0v) is 17.3. The number of anilines is 1. The van der Waals surface area contributed by atoms with Gasteiger partial charge in [0.1, 0.15) is 17.8 Å². The van der Waals surface area contributed by atoms with E-state index in [-0.39, 0.29) is 17.4 Å². The van der Waals surface area contributed by atoms with Gasteiger partial charge in [0.05, 0.1) is 26.3 Å². The van der Waals surface area contributed by atoms with Crippen molar-refractivity contribution in [3.63, 3.8) is 0 Å². The van der Waals surface area contributed by atoms with E-state index in [1.54, 1.807) is 45.6 Å². The van der Waals surface area contributed by atoms with E-state index in [1.165, 1.54) is 6.33 Å². The Morgan fingerprint density at radius 2 is 1.65 bits per heavy atom. The van der Waals surface area contributed by atoms with E-state index in [9.17, 15) is 10.1 Å². The molecule has 1 aromatic heterocycles. The lowest BCUT2D eigenvalue weighted by Gasteiger charge is -2.11. The van der Waals surface area contributed by atoms with Gasteiger partial charge in [-0.05, 0) is 48.4 Å². The number of rotatable bonds is 10. The van der Waals surface area contributed by atoms with Gasteiger partial charge in [-0.2, -0.15) is 4.98 Å². The van der Waals surface area contributed by atoms with Crippen molar-refractivity contribution in [2.75, 3.05) is 33.2 Å². The molecule has 2 aromatic carbocycles. The number of nitrogens with one attached hydrogen (secondary N) is 1. The summed E-state index contributed by atoms with van der Waals surface area (Å²) in [6.45, 7) is 0.398. The Bertz CT molecular complexity index is 1040. The van der Waals surface area contributed by atoms with Gasteiger partial charge in [0, 0.05) is 6.54 Å². The second-order valence-electron chi connectivity index (χ2n) is 6.28. The minimum Gasteiger partial charge on any atom is -0.497 e. The molecule has 0 aliphatic rings. The molecule has 162 valence electrons. The summed E-state index contributed by atoms with van der Waals surface area (Å²) in [4.78, 5) is 19.0. The van der Waals surface area contributed by atoms with Crippen molar-refractivity contribution in [2.24, 2.45) is 0 Å². The molecule has 0 atom stereocenters. The number of nitrogens with zero attached hydrogens (tertiary/aromatic N) is 3. The average Bonchev–Trinajstić information content (AvgIpc) is 2.79. The summed E-state index contributed by atoms with van der Waals surface area (Å²) in [7, 11) is 4.68. The van der Waals surface area contributed by atoms with Crippen molar-refractivity contribution < 1.29 is 23.9 Å². The highest BCUT2D eigenvalue weighted by atomic mass is 16.6. The molecule has 0 aliphatic carbocycles. The van der Waals surface area contributed by atoms with Crippen molar-refractivity contribution in [3.8, 4) is 28.9 Å². The number of hydrogen-bond donors (Lipinski definition) is 1. The van der Waals surface area contributed by atoms with Crippen LogP contribution in [-0.2, 0) is 6.42 Å². The summed E-state index contributed by atoms with van der Waals surface area (Å²) < 4.78 is 21.2. The molecule has 1 N–H and O–H groups in total. The molecule has 31 heavy (non-hydrogen) atoms. The molecule has 0 amide bonds. The second-order valence-corrected chi connectivity index (χ2v) is 6.28. The predicted molar refractivity (Wildman–Crippen MR) is 113 cm³/mol. The predicted octanol–water partition coefficient (Wildman–Crippen LogP) is 3.86. The van der Waals surface area contributed by atoms with E-state index < -0.39 is 4.92 Å². The lowest BCUT2D eigenvalue weighted by Crippen LogP contribution is -2.10. The first-order valence-electron chi connectivity index (χ1n) is 9.31. The van der Waals surface area contributed by atoms with Crippen LogP contribution in [0.25, 0.3) is 0 Å². The number of benzene rings is 2. The van der Waals surface area contributed by atoms with Gasteiger partial charge in [0.25, 0.3) is 0 Å². The Labute approximate surface area is 178 Å². The molecular formula is C21H22N4O6. The second kappa shape index (κ2) is 10.1. The third-order valence-electron chi connectivity index (χ3n) is 4.40. The number of methoxy groups -OCH3 is 3. The van der Waals surface area contributed by atoms with Crippen molar-refractivity contribution in [3.05, 3.63) is 64.5 Å². The van der Waals surface area contributed by atoms with Gasteiger partial charge in [-0.3, -0.25) is 10.1 Å². The van der Waals surface area contributed by atoms with Crippen molar-refractivity contribution in [2.45, 2.75) is 6.42 Å². The van der Waals surface area contributed by atoms with E-state index in [2.05, 4.69) is 15.3 Å². The highest BCUT2D eigenvalue weighted by molar-refractivity contribution is 5.62. The third-order valence-corrected chi connectivity index (χ3v) is 4.40. The zero-order valence-electron chi connectivity index (χ0n) is 17.3. The van der Waals surface area contributed by atoms with Crippen molar-refractivity contribution in [1.29, 1.82) is 0 Å². The molecule has 0 unspecified atom stereocenters. The Morgan fingerprint density at radius 3 is 2.29 bits per heavy atom. The molecule has 0 saturated carbocycles. The van der Waals surface area contributed by atoms with Crippen LogP contribution in [0.3, 0.4) is 0 Å². The first kappa shape index (κ1) is 21.6. The van der Waals surface area contributed by atoms with Crippen LogP contribution in [0.4, 0.5) is 11.5 Å². The lowest BCUT2D eigenvalue weighted by atomic mass is 10.1. The molecule has 0 aliphatic heterocycles. The fourth-order valence-corrected chi connectivity index (χ4v) is 2.85. The van der Waals surface area contributed by atoms with Crippen LogP contribution in [0.5, 0.6) is 28.9 Å². The quantitative estimate of drug-likeness (QED) is 0.381. The van der Waals surface area contributed by atoms with Crippen LogP contribution >= 0.6 is 0 Å². The largest absolute Gasteiger partial charge is 0.497 e. The van der Waals surface area contributed by atoms with Crippen LogP contribution in [0.1, 0.15) is 5.56 Å². The van der Waals surface area contributed by atoms with Crippen molar-refractivity contribution in [1.82, 2.24) is 9.97 Å². The highest BCUT2D eigenvalue weighted by Gasteiger charge is 2.25. The fourth-order valence-electron chi connectivity index (χ4n) is 2.85. The highest BCUT2D eigenvalue weighted by Crippen LogP contribution is 2.34. The van der Waals surface area contributed by atoms with Crippen molar-refractivity contribution >= 4 is 11.5 Å². The Kier molecular flexibility index (Phi) is 7.05. The van der Waals surface area contributed by atoms with E-state index in [0.29, 0.717) is 36.0 Å². The maximum Gasteiger partial charge on any atom is 0.373 e. The summed E-state index contributed by atoms with van der Waals surface area (Å²) in [6, 6.07) is 12.2. The molecule has 0 fully saturated rings. The maximum absolute atomic E-state index is 11.7. The van der Waals surface area contributed by atoms with Gasteiger partial charge < -0.3 is 24.3 Å². The lowest BCUT2D eigenvalue weighted by molar-refractivity contribution is -0.385. The summed E-state index contributed by atoms with van der Waals surface area (Å²) in [6.07, 6.45) is 1.79. The molecule has 10 heteroatoms. The molecule has 10 nitrogen and oxygen atoms in total.